The topological polar surface area (TPSA) is 12.0 Å². The van der Waals surface area contributed by atoms with Gasteiger partial charge < -0.3 is 5.32 Å². The number of nitrogens with one attached hydrogen (secondary N) is 1. The van der Waals surface area contributed by atoms with Crippen molar-refractivity contribution in [1.29, 1.82) is 0 Å². The molecule has 3 atom stereocenters. The van der Waals surface area contributed by atoms with Gasteiger partial charge in [-0.15, -0.1) is 0 Å². The van der Waals surface area contributed by atoms with Crippen LogP contribution >= 0.6 is 0 Å². The maximum absolute atomic E-state index is 12.8. The number of alkyl halides is 3. The highest BCUT2D eigenvalue weighted by Gasteiger charge is 2.31. The SMILES string of the molecule is Cc1ccc(C(F)(F)F)cc1NC1CCC(C)CC1C. The Bertz CT molecular complexity index is 467. The van der Waals surface area contributed by atoms with E-state index in [1.54, 1.807) is 6.07 Å². The van der Waals surface area contributed by atoms with Crippen molar-refractivity contribution in [3.05, 3.63) is 29.3 Å². The summed E-state index contributed by atoms with van der Waals surface area (Å²) < 4.78 is 38.3. The van der Waals surface area contributed by atoms with Gasteiger partial charge in [0.05, 0.1) is 5.56 Å². The smallest absolute Gasteiger partial charge is 0.382 e. The van der Waals surface area contributed by atoms with E-state index in [2.05, 4.69) is 19.2 Å². The fourth-order valence-electron chi connectivity index (χ4n) is 3.03. The van der Waals surface area contributed by atoms with Crippen LogP contribution in [0.15, 0.2) is 18.2 Å². The van der Waals surface area contributed by atoms with Crippen LogP contribution in [-0.4, -0.2) is 6.04 Å². The minimum Gasteiger partial charge on any atom is -0.382 e. The van der Waals surface area contributed by atoms with Crippen molar-refractivity contribution in [1.82, 2.24) is 0 Å². The monoisotopic (exact) mass is 285 g/mol. The zero-order chi connectivity index (χ0) is 14.9. The minimum atomic E-state index is -4.28. The van der Waals surface area contributed by atoms with Crippen molar-refractivity contribution in [2.24, 2.45) is 11.8 Å². The lowest BCUT2D eigenvalue weighted by molar-refractivity contribution is -0.137. The molecule has 0 spiro atoms. The lowest BCUT2D eigenvalue weighted by Gasteiger charge is -2.34. The van der Waals surface area contributed by atoms with Crippen LogP contribution in [-0.2, 0) is 6.18 Å². The lowest BCUT2D eigenvalue weighted by Crippen LogP contribution is -2.33. The molecule has 1 aliphatic rings. The van der Waals surface area contributed by atoms with Crippen LogP contribution in [0.1, 0.15) is 44.2 Å². The summed E-state index contributed by atoms with van der Waals surface area (Å²) in [6.45, 7) is 6.26. The first kappa shape index (κ1) is 15.2. The van der Waals surface area contributed by atoms with E-state index < -0.39 is 11.7 Å². The van der Waals surface area contributed by atoms with E-state index in [1.165, 1.54) is 6.07 Å². The van der Waals surface area contributed by atoms with Crippen LogP contribution < -0.4 is 5.32 Å². The number of hydrogen-bond donors (Lipinski definition) is 1. The summed E-state index contributed by atoms with van der Waals surface area (Å²) in [5.74, 6) is 1.21. The molecule has 1 saturated carbocycles. The molecule has 2 rings (SSSR count). The van der Waals surface area contributed by atoms with Crippen LogP contribution in [0.25, 0.3) is 0 Å². The van der Waals surface area contributed by atoms with Gasteiger partial charge in [-0.05, 0) is 55.7 Å². The highest BCUT2D eigenvalue weighted by atomic mass is 19.4. The predicted molar refractivity (Wildman–Crippen MR) is 75.8 cm³/mol. The number of anilines is 1. The van der Waals surface area contributed by atoms with Crippen LogP contribution in [0.3, 0.4) is 0 Å². The molecule has 1 N–H and O–H groups in total. The first-order valence-corrected chi connectivity index (χ1v) is 7.21. The van der Waals surface area contributed by atoms with Crippen LogP contribution in [0.5, 0.6) is 0 Å². The van der Waals surface area contributed by atoms with Gasteiger partial charge in [-0.2, -0.15) is 13.2 Å². The average Bonchev–Trinajstić information content (AvgIpc) is 2.33. The highest BCUT2D eigenvalue weighted by molar-refractivity contribution is 5.54. The molecule has 0 aliphatic heterocycles. The summed E-state index contributed by atoms with van der Waals surface area (Å²) in [5.41, 5.74) is 0.900. The minimum absolute atomic E-state index is 0.272. The number of hydrogen-bond acceptors (Lipinski definition) is 1. The van der Waals surface area contributed by atoms with Gasteiger partial charge >= 0.3 is 6.18 Å². The molecule has 0 aromatic heterocycles. The molecule has 0 bridgehead atoms. The Hall–Kier alpha value is -1.19. The second kappa shape index (κ2) is 5.66. The zero-order valence-corrected chi connectivity index (χ0v) is 12.2. The van der Waals surface area contributed by atoms with E-state index >= 15 is 0 Å². The first-order chi connectivity index (χ1) is 9.27. The molecule has 1 aromatic rings. The highest BCUT2D eigenvalue weighted by Crippen LogP contribution is 2.35. The van der Waals surface area contributed by atoms with E-state index in [0.29, 0.717) is 17.5 Å². The number of halogens is 3. The number of benzene rings is 1. The van der Waals surface area contributed by atoms with E-state index in [0.717, 1.165) is 30.9 Å². The van der Waals surface area contributed by atoms with Crippen molar-refractivity contribution in [2.45, 2.75) is 52.3 Å². The standard InChI is InChI=1S/C16H22F3N/c1-10-4-7-14(12(3)8-10)20-15-9-13(16(17,18)19)6-5-11(15)2/h5-6,9-10,12,14,20H,4,7-8H2,1-3H3. The third kappa shape index (κ3) is 3.47. The maximum atomic E-state index is 12.8. The quantitative estimate of drug-likeness (QED) is 0.782. The molecule has 3 unspecified atom stereocenters. The van der Waals surface area contributed by atoms with Crippen molar-refractivity contribution in [3.63, 3.8) is 0 Å². The Labute approximate surface area is 118 Å². The maximum Gasteiger partial charge on any atom is 0.416 e. The van der Waals surface area contributed by atoms with Gasteiger partial charge in [0.15, 0.2) is 0 Å². The summed E-state index contributed by atoms with van der Waals surface area (Å²) in [6, 6.07) is 4.20. The molecule has 112 valence electrons. The van der Waals surface area contributed by atoms with Gasteiger partial charge in [0.25, 0.3) is 0 Å². The van der Waals surface area contributed by atoms with Crippen LogP contribution in [0.4, 0.5) is 18.9 Å². The number of rotatable bonds is 2. The Kier molecular flexibility index (Phi) is 4.31. The van der Waals surface area contributed by atoms with Gasteiger partial charge in [-0.25, -0.2) is 0 Å². The molecule has 1 fully saturated rings. The van der Waals surface area contributed by atoms with E-state index in [1.807, 2.05) is 6.92 Å². The number of aryl methyl sites for hydroxylation is 1. The summed E-state index contributed by atoms with van der Waals surface area (Å²) in [6.07, 6.45) is -0.982. The average molecular weight is 285 g/mol. The summed E-state index contributed by atoms with van der Waals surface area (Å²) in [4.78, 5) is 0. The molecule has 20 heavy (non-hydrogen) atoms. The summed E-state index contributed by atoms with van der Waals surface area (Å²) >= 11 is 0. The molecule has 0 heterocycles. The molecule has 1 nitrogen and oxygen atoms in total. The Morgan fingerprint density at radius 3 is 2.45 bits per heavy atom. The van der Waals surface area contributed by atoms with Gasteiger partial charge in [-0.1, -0.05) is 19.9 Å². The molecule has 0 saturated heterocycles. The fourth-order valence-corrected chi connectivity index (χ4v) is 3.03. The molecular weight excluding hydrogens is 263 g/mol. The normalized spacial score (nSPS) is 27.4. The van der Waals surface area contributed by atoms with Crippen molar-refractivity contribution in [3.8, 4) is 0 Å². The van der Waals surface area contributed by atoms with Gasteiger partial charge in [-0.3, -0.25) is 0 Å². The first-order valence-electron chi connectivity index (χ1n) is 7.21. The van der Waals surface area contributed by atoms with E-state index in [-0.39, 0.29) is 6.04 Å². The van der Waals surface area contributed by atoms with E-state index in [4.69, 9.17) is 0 Å². The largest absolute Gasteiger partial charge is 0.416 e. The predicted octanol–water partition coefficient (Wildman–Crippen LogP) is 5.25. The lowest BCUT2D eigenvalue weighted by atomic mass is 9.79. The zero-order valence-electron chi connectivity index (χ0n) is 12.2. The molecule has 4 heteroatoms. The van der Waals surface area contributed by atoms with Gasteiger partial charge in [0, 0.05) is 11.7 Å². The Morgan fingerprint density at radius 1 is 1.15 bits per heavy atom. The van der Waals surface area contributed by atoms with Crippen molar-refractivity contribution in [2.75, 3.05) is 5.32 Å². The summed E-state index contributed by atoms with van der Waals surface area (Å²) in [7, 11) is 0. The molecule has 1 aromatic carbocycles. The molecule has 0 radical (unpaired) electrons. The van der Waals surface area contributed by atoms with E-state index in [9.17, 15) is 13.2 Å². The Morgan fingerprint density at radius 2 is 1.85 bits per heavy atom. The molecular formula is C16H22F3N. The molecule has 1 aliphatic carbocycles. The van der Waals surface area contributed by atoms with Crippen molar-refractivity contribution >= 4 is 5.69 Å². The van der Waals surface area contributed by atoms with Gasteiger partial charge in [0.1, 0.15) is 0 Å². The van der Waals surface area contributed by atoms with Gasteiger partial charge in [0.2, 0.25) is 0 Å². The summed E-state index contributed by atoms with van der Waals surface area (Å²) in [5, 5.41) is 3.33. The third-order valence-electron chi connectivity index (χ3n) is 4.34. The third-order valence-corrected chi connectivity index (χ3v) is 4.34. The Balaban J connectivity index is 2.16. The molecule has 0 amide bonds. The van der Waals surface area contributed by atoms with Crippen molar-refractivity contribution < 1.29 is 13.2 Å². The fraction of sp³-hybridized carbons (Fsp3) is 0.625. The second-order valence-electron chi connectivity index (χ2n) is 6.17. The second-order valence-corrected chi connectivity index (χ2v) is 6.17. The van der Waals surface area contributed by atoms with Crippen LogP contribution in [0, 0.1) is 18.8 Å². The van der Waals surface area contributed by atoms with Crippen LogP contribution in [0.2, 0.25) is 0 Å².